The van der Waals surface area contributed by atoms with E-state index in [4.69, 9.17) is 16.3 Å². The Morgan fingerprint density at radius 2 is 1.94 bits per heavy atom. The number of benzene rings is 2. The average molecular weight is 480 g/mol. The van der Waals surface area contributed by atoms with E-state index in [0.717, 1.165) is 22.5 Å². The maximum absolute atomic E-state index is 13.2. The molecular weight excluding hydrogens is 454 g/mol. The molecule has 0 aliphatic carbocycles. The van der Waals surface area contributed by atoms with Crippen LogP contribution < -0.4 is 16.1 Å². The number of carbonyl (C=O) groups excluding carboxylic acids is 2. The van der Waals surface area contributed by atoms with Crippen molar-refractivity contribution in [3.63, 3.8) is 0 Å². The summed E-state index contributed by atoms with van der Waals surface area (Å²) in [5.41, 5.74) is 3.51. The van der Waals surface area contributed by atoms with Gasteiger partial charge in [-0.05, 0) is 42.7 Å². The topological polar surface area (TPSA) is 89.4 Å². The van der Waals surface area contributed by atoms with Gasteiger partial charge in [0, 0.05) is 42.7 Å². The Hall–Kier alpha value is -3.42. The predicted molar refractivity (Wildman–Crippen MR) is 131 cm³/mol. The van der Waals surface area contributed by atoms with Gasteiger partial charge in [0.25, 0.3) is 5.91 Å². The maximum atomic E-state index is 13.2. The summed E-state index contributed by atoms with van der Waals surface area (Å²) in [6, 6.07) is 16.4. The lowest BCUT2D eigenvalue weighted by Gasteiger charge is -2.20. The molecule has 8 heteroatoms. The monoisotopic (exact) mass is 479 g/mol. The molecule has 3 aromatic rings. The molecule has 34 heavy (non-hydrogen) atoms. The molecule has 0 bridgehead atoms. The molecule has 2 heterocycles. The van der Waals surface area contributed by atoms with Crippen LogP contribution in [0.15, 0.2) is 59.4 Å². The summed E-state index contributed by atoms with van der Waals surface area (Å²) in [4.78, 5) is 38.5. The Kier molecular flexibility index (Phi) is 7.14. The smallest absolute Gasteiger partial charge is 0.257 e. The first kappa shape index (κ1) is 23.7. The second kappa shape index (κ2) is 10.2. The van der Waals surface area contributed by atoms with Crippen molar-refractivity contribution in [1.82, 2.24) is 9.88 Å². The van der Waals surface area contributed by atoms with Crippen molar-refractivity contribution in [3.8, 4) is 0 Å². The fourth-order valence-electron chi connectivity index (χ4n) is 4.37. The number of ether oxygens (including phenoxy) is 1. The molecule has 7 nitrogen and oxygen atoms in total. The van der Waals surface area contributed by atoms with Crippen LogP contribution in [0.1, 0.15) is 38.8 Å². The van der Waals surface area contributed by atoms with E-state index >= 15 is 0 Å². The molecule has 2 amide bonds. The highest BCUT2D eigenvalue weighted by Crippen LogP contribution is 2.31. The Labute approximate surface area is 202 Å². The molecule has 1 aromatic heterocycles. The van der Waals surface area contributed by atoms with E-state index in [1.807, 2.05) is 60.0 Å². The zero-order valence-corrected chi connectivity index (χ0v) is 19.8. The molecule has 0 fully saturated rings. The minimum atomic E-state index is -0.522. The van der Waals surface area contributed by atoms with Crippen molar-refractivity contribution >= 4 is 29.1 Å². The lowest BCUT2D eigenvalue weighted by atomic mass is 10.0. The van der Waals surface area contributed by atoms with E-state index in [1.54, 1.807) is 0 Å². The normalized spacial score (nSPS) is 14.6. The fraction of sp³-hybridized carbons (Fsp3) is 0.269. The van der Waals surface area contributed by atoms with Gasteiger partial charge in [-0.25, -0.2) is 0 Å². The van der Waals surface area contributed by atoms with Crippen molar-refractivity contribution in [1.29, 1.82) is 0 Å². The Morgan fingerprint density at radius 3 is 2.71 bits per heavy atom. The van der Waals surface area contributed by atoms with Gasteiger partial charge in [-0.15, -0.1) is 0 Å². The second-order valence-electron chi connectivity index (χ2n) is 8.28. The predicted octanol–water partition coefficient (Wildman–Crippen LogP) is 3.66. The van der Waals surface area contributed by atoms with Crippen LogP contribution in [0, 0.1) is 6.92 Å². The van der Waals surface area contributed by atoms with Gasteiger partial charge in [-0.2, -0.15) is 0 Å². The number of aryl methyl sites for hydroxylation is 2. The number of para-hydroxylation sites is 1. The lowest BCUT2D eigenvalue weighted by molar-refractivity contribution is -0.116. The van der Waals surface area contributed by atoms with Gasteiger partial charge in [-0.3, -0.25) is 14.4 Å². The Bertz CT molecular complexity index is 1300. The molecule has 0 saturated heterocycles. The number of halogens is 1. The quantitative estimate of drug-likeness (QED) is 0.516. The largest absolute Gasteiger partial charge is 0.378 e. The number of carbonyl (C=O) groups is 2. The molecule has 1 atom stereocenters. The van der Waals surface area contributed by atoms with Gasteiger partial charge in [-0.1, -0.05) is 41.9 Å². The molecule has 2 aromatic carbocycles. The number of rotatable bonds is 8. The van der Waals surface area contributed by atoms with Crippen molar-refractivity contribution in [2.45, 2.75) is 32.4 Å². The first-order valence-corrected chi connectivity index (χ1v) is 11.4. The molecule has 1 aliphatic rings. The highest BCUT2D eigenvalue weighted by molar-refractivity contribution is 6.30. The molecule has 4 rings (SSSR count). The van der Waals surface area contributed by atoms with Crippen LogP contribution in [0.4, 0.5) is 5.69 Å². The third kappa shape index (κ3) is 4.90. The standard InChI is InChI=1S/C26H26ClN3O4/c1-16-12-23(31)24(22(15-34-2)30(16)11-10-17-6-5-7-18(27)13-17)26(33)28-14-20-19-8-3-4-9-21(19)29-25(20)32/h3-9,12-13,20H,10-11,14-15H2,1-2H3,(H,28,33)(H,29,32)/t20-/m1/s1. The van der Waals surface area contributed by atoms with E-state index in [0.29, 0.717) is 23.7 Å². The molecule has 176 valence electrons. The molecule has 0 unspecified atom stereocenters. The number of aromatic nitrogens is 1. The number of amides is 2. The summed E-state index contributed by atoms with van der Waals surface area (Å²) >= 11 is 6.11. The van der Waals surface area contributed by atoms with Crippen LogP contribution in [0.5, 0.6) is 0 Å². The summed E-state index contributed by atoms with van der Waals surface area (Å²) in [6.07, 6.45) is 0.668. The van der Waals surface area contributed by atoms with Crippen LogP contribution in [-0.2, 0) is 29.1 Å². The van der Waals surface area contributed by atoms with Crippen LogP contribution in [0.25, 0.3) is 0 Å². The minimum absolute atomic E-state index is 0.0326. The van der Waals surface area contributed by atoms with Gasteiger partial charge in [0.15, 0.2) is 5.43 Å². The summed E-state index contributed by atoms with van der Waals surface area (Å²) in [7, 11) is 1.52. The molecule has 2 N–H and O–H groups in total. The third-order valence-corrected chi connectivity index (χ3v) is 6.26. The molecule has 0 saturated carbocycles. The molecule has 1 aliphatic heterocycles. The number of nitrogens with one attached hydrogen (secondary N) is 2. The average Bonchev–Trinajstić information content (AvgIpc) is 3.12. The van der Waals surface area contributed by atoms with Crippen molar-refractivity contribution in [2.75, 3.05) is 19.0 Å². The van der Waals surface area contributed by atoms with Gasteiger partial charge < -0.3 is 19.9 Å². The molecular formula is C26H26ClN3O4. The SMILES string of the molecule is COCc1c(C(=O)NC[C@H]2C(=O)Nc3ccccc32)c(=O)cc(C)n1CCc1cccc(Cl)c1. The van der Waals surface area contributed by atoms with E-state index in [9.17, 15) is 14.4 Å². The number of hydrogen-bond donors (Lipinski definition) is 2. The zero-order valence-electron chi connectivity index (χ0n) is 19.1. The third-order valence-electron chi connectivity index (χ3n) is 6.03. The Morgan fingerprint density at radius 1 is 1.15 bits per heavy atom. The van der Waals surface area contributed by atoms with Crippen LogP contribution >= 0.6 is 11.6 Å². The van der Waals surface area contributed by atoms with Crippen molar-refractivity contribution in [2.24, 2.45) is 0 Å². The number of anilines is 1. The van der Waals surface area contributed by atoms with Crippen LogP contribution in [0.2, 0.25) is 5.02 Å². The number of fused-ring (bicyclic) bond motifs is 1. The number of pyridine rings is 1. The second-order valence-corrected chi connectivity index (χ2v) is 8.71. The van der Waals surface area contributed by atoms with Crippen LogP contribution in [0.3, 0.4) is 0 Å². The van der Waals surface area contributed by atoms with Gasteiger partial charge in [0.2, 0.25) is 5.91 Å². The van der Waals surface area contributed by atoms with E-state index < -0.39 is 11.8 Å². The lowest BCUT2D eigenvalue weighted by Crippen LogP contribution is -2.36. The first-order chi connectivity index (χ1) is 16.4. The highest BCUT2D eigenvalue weighted by atomic mass is 35.5. The van der Waals surface area contributed by atoms with Gasteiger partial charge >= 0.3 is 0 Å². The maximum Gasteiger partial charge on any atom is 0.257 e. The summed E-state index contributed by atoms with van der Waals surface area (Å²) in [6.45, 7) is 2.57. The van der Waals surface area contributed by atoms with E-state index in [-0.39, 0.29) is 30.1 Å². The van der Waals surface area contributed by atoms with E-state index in [2.05, 4.69) is 10.6 Å². The summed E-state index contributed by atoms with van der Waals surface area (Å²) in [5.74, 6) is -1.21. The highest BCUT2D eigenvalue weighted by Gasteiger charge is 2.31. The van der Waals surface area contributed by atoms with E-state index in [1.165, 1.54) is 13.2 Å². The molecule has 0 spiro atoms. The van der Waals surface area contributed by atoms with Gasteiger partial charge in [0.1, 0.15) is 5.56 Å². The summed E-state index contributed by atoms with van der Waals surface area (Å²) in [5, 5.41) is 6.27. The van der Waals surface area contributed by atoms with Crippen LogP contribution in [-0.4, -0.2) is 30.0 Å². The fourth-order valence-corrected chi connectivity index (χ4v) is 4.58. The van der Waals surface area contributed by atoms with Gasteiger partial charge in [0.05, 0.1) is 18.2 Å². The first-order valence-electron chi connectivity index (χ1n) is 11.0. The van der Waals surface area contributed by atoms with Crippen molar-refractivity contribution < 1.29 is 14.3 Å². The summed E-state index contributed by atoms with van der Waals surface area (Å²) < 4.78 is 7.29. The zero-order chi connectivity index (χ0) is 24.2. The number of methoxy groups -OCH3 is 1. The van der Waals surface area contributed by atoms with Crippen molar-refractivity contribution in [3.05, 3.63) is 97.9 Å². The number of nitrogens with zero attached hydrogens (tertiary/aromatic N) is 1. The minimum Gasteiger partial charge on any atom is -0.378 e. The Balaban J connectivity index is 1.59. The molecule has 0 radical (unpaired) electrons. The number of hydrogen-bond acceptors (Lipinski definition) is 4.